The first kappa shape index (κ1) is 24.0. The summed E-state index contributed by atoms with van der Waals surface area (Å²) >= 11 is 0. The molecule has 36 heavy (non-hydrogen) atoms. The summed E-state index contributed by atoms with van der Waals surface area (Å²) in [6.45, 7) is 9.08. The van der Waals surface area contributed by atoms with Gasteiger partial charge in [-0.25, -0.2) is 4.39 Å². The minimum absolute atomic E-state index is 0.108. The summed E-state index contributed by atoms with van der Waals surface area (Å²) in [5, 5.41) is 0. The van der Waals surface area contributed by atoms with Gasteiger partial charge in [0.15, 0.2) is 5.71 Å². The van der Waals surface area contributed by atoms with Crippen molar-refractivity contribution in [1.29, 1.82) is 0 Å². The minimum Gasteiger partial charge on any atom is -0.347 e. The van der Waals surface area contributed by atoms with E-state index in [1.807, 2.05) is 12.1 Å². The first-order valence-electron chi connectivity index (χ1n) is 12.5. The van der Waals surface area contributed by atoms with Crippen molar-refractivity contribution in [2.75, 3.05) is 19.0 Å². The Kier molecular flexibility index (Phi) is 5.83. The molecule has 0 saturated heterocycles. The summed E-state index contributed by atoms with van der Waals surface area (Å²) < 4.78 is 16.0. The van der Waals surface area contributed by atoms with Gasteiger partial charge in [-0.05, 0) is 60.9 Å². The van der Waals surface area contributed by atoms with Gasteiger partial charge in [0.1, 0.15) is 12.9 Å². The molecule has 0 atom stereocenters. The van der Waals surface area contributed by atoms with Crippen molar-refractivity contribution in [3.05, 3.63) is 125 Å². The molecule has 0 unspecified atom stereocenters. The number of anilines is 1. The summed E-state index contributed by atoms with van der Waals surface area (Å²) in [5.74, 6) is -0.228. The molecule has 0 aliphatic carbocycles. The number of likely N-dealkylation sites (N-methyl/N-ethyl adjacent to an activating group) is 1. The third-order valence-corrected chi connectivity index (χ3v) is 7.90. The van der Waals surface area contributed by atoms with Crippen LogP contribution in [0.2, 0.25) is 0 Å². The highest BCUT2D eigenvalue weighted by molar-refractivity contribution is 6.04. The molecule has 0 fully saturated rings. The zero-order valence-electron chi connectivity index (χ0n) is 22.0. The summed E-state index contributed by atoms with van der Waals surface area (Å²) in [6.07, 6.45) is 8.76. The van der Waals surface area contributed by atoms with Crippen molar-refractivity contribution in [2.24, 2.45) is 0 Å². The molecule has 3 heteroatoms. The summed E-state index contributed by atoms with van der Waals surface area (Å²) in [5.41, 5.74) is 9.40. The Morgan fingerprint density at radius 1 is 0.833 bits per heavy atom. The van der Waals surface area contributed by atoms with Crippen LogP contribution in [-0.4, -0.2) is 24.4 Å². The first-order valence-corrected chi connectivity index (χ1v) is 12.5. The van der Waals surface area contributed by atoms with E-state index in [9.17, 15) is 4.39 Å². The van der Waals surface area contributed by atoms with Crippen molar-refractivity contribution in [1.82, 2.24) is 0 Å². The predicted molar refractivity (Wildman–Crippen MR) is 150 cm³/mol. The molecule has 0 radical (unpaired) electrons. The standard InChI is InChI=1S/C33H34FN2/c1-32(2)26-11-7-9-13-28(26)35(5)30(32)21-17-24(23-15-19-25(34)20-16-23)18-22-31-33(3,4)27-12-8-10-14-29(27)36(31)6/h7-22H,1-6H3/q+1. The summed E-state index contributed by atoms with van der Waals surface area (Å²) in [6, 6.07) is 23.9. The Balaban J connectivity index is 1.58. The topological polar surface area (TPSA) is 6.25 Å². The van der Waals surface area contributed by atoms with Crippen LogP contribution in [0.4, 0.5) is 15.8 Å². The smallest absolute Gasteiger partial charge is 0.209 e. The number of hydrogen-bond donors (Lipinski definition) is 0. The number of halogens is 1. The Morgan fingerprint density at radius 3 is 2.14 bits per heavy atom. The summed E-state index contributed by atoms with van der Waals surface area (Å²) in [4.78, 5) is 2.27. The van der Waals surface area contributed by atoms with Gasteiger partial charge in [0, 0.05) is 41.6 Å². The number of allylic oxidation sites excluding steroid dienone is 6. The molecule has 0 spiro atoms. The van der Waals surface area contributed by atoms with E-state index in [1.54, 1.807) is 0 Å². The average molecular weight is 478 g/mol. The van der Waals surface area contributed by atoms with Crippen molar-refractivity contribution >= 4 is 22.7 Å². The van der Waals surface area contributed by atoms with Crippen LogP contribution in [0.1, 0.15) is 44.4 Å². The molecule has 0 saturated carbocycles. The van der Waals surface area contributed by atoms with Crippen molar-refractivity contribution < 1.29 is 8.97 Å². The quantitative estimate of drug-likeness (QED) is 0.275. The highest BCUT2D eigenvalue weighted by atomic mass is 19.1. The molecule has 2 heterocycles. The molecular formula is C33H34FN2+. The lowest BCUT2D eigenvalue weighted by molar-refractivity contribution is -0.401. The highest BCUT2D eigenvalue weighted by Crippen LogP contribution is 2.46. The third-order valence-electron chi connectivity index (χ3n) is 7.90. The molecule has 2 aliphatic heterocycles. The molecule has 5 rings (SSSR count). The van der Waals surface area contributed by atoms with Crippen LogP contribution in [0.25, 0.3) is 5.57 Å². The van der Waals surface area contributed by atoms with Crippen molar-refractivity contribution in [3.8, 4) is 0 Å². The van der Waals surface area contributed by atoms with Gasteiger partial charge in [0.05, 0.1) is 5.41 Å². The Labute approximate surface area is 214 Å². The van der Waals surface area contributed by atoms with Gasteiger partial charge in [-0.15, -0.1) is 0 Å². The monoisotopic (exact) mass is 477 g/mol. The van der Waals surface area contributed by atoms with Crippen LogP contribution in [0, 0.1) is 5.82 Å². The number of hydrogen-bond acceptors (Lipinski definition) is 1. The molecule has 0 amide bonds. The normalized spacial score (nSPS) is 19.4. The average Bonchev–Trinajstić information content (AvgIpc) is 3.18. The molecule has 3 aromatic rings. The minimum atomic E-state index is -0.228. The van der Waals surface area contributed by atoms with E-state index in [2.05, 4.69) is 124 Å². The fourth-order valence-electron chi connectivity index (χ4n) is 5.83. The first-order chi connectivity index (χ1) is 17.1. The lowest BCUT2D eigenvalue weighted by Crippen LogP contribution is -2.26. The van der Waals surface area contributed by atoms with E-state index in [1.165, 1.54) is 46.0 Å². The maximum absolute atomic E-state index is 13.8. The second-order valence-electron chi connectivity index (χ2n) is 10.8. The van der Waals surface area contributed by atoms with E-state index >= 15 is 0 Å². The number of rotatable bonds is 4. The molecule has 182 valence electrons. The SMILES string of the molecule is CN1/C(=C/C=C(/C=C/C2=[N+](C)c3ccccc3C2(C)C)c2ccc(F)cc2)C(C)(C)c2ccccc21. The fourth-order valence-corrected chi connectivity index (χ4v) is 5.83. The maximum atomic E-state index is 13.8. The van der Waals surface area contributed by atoms with Crippen LogP contribution in [0.15, 0.2) is 103 Å². The molecule has 0 aromatic heterocycles. The van der Waals surface area contributed by atoms with E-state index in [4.69, 9.17) is 0 Å². The lowest BCUT2D eigenvalue weighted by Gasteiger charge is -2.23. The molecule has 2 nitrogen and oxygen atoms in total. The van der Waals surface area contributed by atoms with Crippen LogP contribution in [0.5, 0.6) is 0 Å². The van der Waals surface area contributed by atoms with E-state index in [0.29, 0.717) is 0 Å². The van der Waals surface area contributed by atoms with Gasteiger partial charge >= 0.3 is 0 Å². The van der Waals surface area contributed by atoms with Crippen LogP contribution < -0.4 is 4.90 Å². The maximum Gasteiger partial charge on any atom is 0.209 e. The van der Waals surface area contributed by atoms with Crippen molar-refractivity contribution in [3.63, 3.8) is 0 Å². The zero-order chi connectivity index (χ0) is 25.7. The molecule has 3 aromatic carbocycles. The van der Waals surface area contributed by atoms with Crippen LogP contribution >= 0.6 is 0 Å². The number of para-hydroxylation sites is 2. The van der Waals surface area contributed by atoms with Crippen molar-refractivity contribution in [2.45, 2.75) is 38.5 Å². The third kappa shape index (κ3) is 3.83. The number of fused-ring (bicyclic) bond motifs is 2. The second kappa shape index (κ2) is 8.74. The molecule has 0 bridgehead atoms. The molecule has 2 aliphatic rings. The van der Waals surface area contributed by atoms with Crippen LogP contribution in [0.3, 0.4) is 0 Å². The van der Waals surface area contributed by atoms with Crippen LogP contribution in [-0.2, 0) is 10.8 Å². The van der Waals surface area contributed by atoms with E-state index < -0.39 is 0 Å². The molecule has 0 N–H and O–H groups in total. The molecular weight excluding hydrogens is 443 g/mol. The lowest BCUT2D eigenvalue weighted by atomic mass is 9.81. The largest absolute Gasteiger partial charge is 0.347 e. The van der Waals surface area contributed by atoms with Gasteiger partial charge in [0.2, 0.25) is 5.69 Å². The zero-order valence-corrected chi connectivity index (χ0v) is 22.0. The van der Waals surface area contributed by atoms with Gasteiger partial charge < -0.3 is 4.90 Å². The van der Waals surface area contributed by atoms with E-state index in [-0.39, 0.29) is 16.6 Å². The predicted octanol–water partition coefficient (Wildman–Crippen LogP) is 7.78. The summed E-state index contributed by atoms with van der Waals surface area (Å²) in [7, 11) is 4.26. The Morgan fingerprint density at radius 2 is 1.47 bits per heavy atom. The van der Waals surface area contributed by atoms with Gasteiger partial charge in [-0.2, -0.15) is 4.58 Å². The highest BCUT2D eigenvalue weighted by Gasteiger charge is 2.42. The Hall–Kier alpha value is -3.72. The Bertz CT molecular complexity index is 1450. The second-order valence-corrected chi connectivity index (χ2v) is 10.8. The van der Waals surface area contributed by atoms with Gasteiger partial charge in [-0.1, -0.05) is 68.5 Å². The van der Waals surface area contributed by atoms with Gasteiger partial charge in [-0.3, -0.25) is 0 Å². The van der Waals surface area contributed by atoms with E-state index in [0.717, 1.165) is 11.1 Å². The number of nitrogens with zero attached hydrogens (tertiary/aromatic N) is 2. The number of benzene rings is 3. The van der Waals surface area contributed by atoms with Gasteiger partial charge in [0.25, 0.3) is 0 Å². The fraction of sp³-hybridized carbons (Fsp3) is 0.242.